The third-order valence-electron chi connectivity index (χ3n) is 3.73. The zero-order valence-corrected chi connectivity index (χ0v) is 12.3. The van der Waals surface area contributed by atoms with Gasteiger partial charge in [-0.1, -0.05) is 30.3 Å². The molecule has 1 aromatic rings. The lowest BCUT2D eigenvalue weighted by Gasteiger charge is -2.20. The van der Waals surface area contributed by atoms with Crippen molar-refractivity contribution in [2.75, 3.05) is 12.0 Å². The van der Waals surface area contributed by atoms with Crippen LogP contribution in [0.5, 0.6) is 0 Å². The van der Waals surface area contributed by atoms with Crippen molar-refractivity contribution in [2.24, 2.45) is 0 Å². The molecule has 1 aromatic carbocycles. The summed E-state index contributed by atoms with van der Waals surface area (Å²) in [4.78, 5) is 23.6. The molecule has 4 nitrogen and oxygen atoms in total. The van der Waals surface area contributed by atoms with Crippen molar-refractivity contribution in [3.05, 3.63) is 35.9 Å². The van der Waals surface area contributed by atoms with Gasteiger partial charge >= 0.3 is 5.97 Å². The van der Waals surface area contributed by atoms with Crippen LogP contribution in [0.1, 0.15) is 24.8 Å². The molecule has 1 amide bonds. The van der Waals surface area contributed by atoms with Crippen LogP contribution >= 0.6 is 11.8 Å². The van der Waals surface area contributed by atoms with Crippen LogP contribution in [0.3, 0.4) is 0 Å². The minimum absolute atomic E-state index is 0.155. The number of amides is 1. The largest absolute Gasteiger partial charge is 0.480 e. The van der Waals surface area contributed by atoms with Gasteiger partial charge in [0.2, 0.25) is 5.91 Å². The summed E-state index contributed by atoms with van der Waals surface area (Å²) in [7, 11) is 0. The Morgan fingerprint density at radius 3 is 2.50 bits per heavy atom. The SMILES string of the molecule is CSCCC(NC(=O)C1(c2ccccc2)CC1)C(=O)O. The van der Waals surface area contributed by atoms with E-state index in [0.717, 1.165) is 24.2 Å². The second-order valence-electron chi connectivity index (χ2n) is 5.09. The second-order valence-corrected chi connectivity index (χ2v) is 6.08. The highest BCUT2D eigenvalue weighted by molar-refractivity contribution is 7.98. The van der Waals surface area contributed by atoms with E-state index < -0.39 is 17.4 Å². The van der Waals surface area contributed by atoms with Crippen LogP contribution in [0.15, 0.2) is 30.3 Å². The lowest BCUT2D eigenvalue weighted by atomic mass is 9.94. The zero-order chi connectivity index (χ0) is 14.6. The minimum Gasteiger partial charge on any atom is -0.480 e. The number of carboxylic acid groups (broad SMARTS) is 1. The Morgan fingerprint density at radius 1 is 1.35 bits per heavy atom. The Hall–Kier alpha value is -1.49. The van der Waals surface area contributed by atoms with E-state index >= 15 is 0 Å². The summed E-state index contributed by atoms with van der Waals surface area (Å²) in [5.41, 5.74) is 0.473. The first-order chi connectivity index (χ1) is 9.60. The van der Waals surface area contributed by atoms with E-state index in [1.807, 2.05) is 36.6 Å². The normalized spacial score (nSPS) is 17.2. The number of nitrogens with one attached hydrogen (secondary N) is 1. The van der Waals surface area contributed by atoms with Gasteiger partial charge in [-0.2, -0.15) is 11.8 Å². The monoisotopic (exact) mass is 293 g/mol. The van der Waals surface area contributed by atoms with E-state index in [1.165, 1.54) is 0 Å². The van der Waals surface area contributed by atoms with Gasteiger partial charge in [-0.3, -0.25) is 4.79 Å². The fraction of sp³-hybridized carbons (Fsp3) is 0.467. The summed E-state index contributed by atoms with van der Waals surface area (Å²) < 4.78 is 0. The molecule has 0 bridgehead atoms. The number of carbonyl (C=O) groups excluding carboxylic acids is 1. The van der Waals surface area contributed by atoms with Crippen molar-refractivity contribution in [1.82, 2.24) is 5.32 Å². The Bertz CT molecular complexity index is 485. The fourth-order valence-electron chi connectivity index (χ4n) is 2.32. The van der Waals surface area contributed by atoms with E-state index in [1.54, 1.807) is 11.8 Å². The maximum absolute atomic E-state index is 12.4. The predicted octanol–water partition coefficient (Wildman–Crippen LogP) is 2.04. The first-order valence-corrected chi connectivity index (χ1v) is 8.08. The molecule has 5 heteroatoms. The summed E-state index contributed by atoms with van der Waals surface area (Å²) in [6, 6.07) is 8.80. The third kappa shape index (κ3) is 3.15. The van der Waals surface area contributed by atoms with Gasteiger partial charge in [0.15, 0.2) is 0 Å². The van der Waals surface area contributed by atoms with Gasteiger partial charge in [0.05, 0.1) is 5.41 Å². The van der Waals surface area contributed by atoms with Crippen molar-refractivity contribution in [3.63, 3.8) is 0 Å². The first-order valence-electron chi connectivity index (χ1n) is 6.68. The maximum atomic E-state index is 12.4. The molecule has 0 heterocycles. The van der Waals surface area contributed by atoms with Gasteiger partial charge in [0.25, 0.3) is 0 Å². The molecule has 0 radical (unpaired) electrons. The molecule has 1 aliphatic carbocycles. The molecule has 2 N–H and O–H groups in total. The van der Waals surface area contributed by atoms with Crippen LogP contribution in [0.2, 0.25) is 0 Å². The fourth-order valence-corrected chi connectivity index (χ4v) is 2.79. The molecule has 108 valence electrons. The summed E-state index contributed by atoms with van der Waals surface area (Å²) >= 11 is 1.58. The molecular weight excluding hydrogens is 274 g/mol. The molecular formula is C15H19NO3S. The number of carbonyl (C=O) groups is 2. The van der Waals surface area contributed by atoms with Gasteiger partial charge in [-0.25, -0.2) is 4.79 Å². The molecule has 0 saturated heterocycles. The van der Waals surface area contributed by atoms with Crippen LogP contribution in [-0.4, -0.2) is 35.0 Å². The average Bonchev–Trinajstić information content (AvgIpc) is 3.25. The molecule has 1 fully saturated rings. The highest BCUT2D eigenvalue weighted by Gasteiger charge is 2.51. The molecule has 1 unspecified atom stereocenters. The molecule has 0 aliphatic heterocycles. The van der Waals surface area contributed by atoms with Crippen molar-refractivity contribution in [3.8, 4) is 0 Å². The topological polar surface area (TPSA) is 66.4 Å². The summed E-state index contributed by atoms with van der Waals surface area (Å²) in [5.74, 6) is -0.399. The van der Waals surface area contributed by atoms with Gasteiger partial charge in [-0.05, 0) is 36.8 Å². The lowest BCUT2D eigenvalue weighted by molar-refractivity contribution is -0.142. The Kier molecular flexibility index (Phi) is 4.70. The predicted molar refractivity (Wildman–Crippen MR) is 79.9 cm³/mol. The van der Waals surface area contributed by atoms with Gasteiger partial charge in [0.1, 0.15) is 6.04 Å². The van der Waals surface area contributed by atoms with Gasteiger partial charge in [0, 0.05) is 0 Å². The number of rotatable bonds is 7. The quantitative estimate of drug-likeness (QED) is 0.807. The van der Waals surface area contributed by atoms with Crippen LogP contribution in [0, 0.1) is 0 Å². The van der Waals surface area contributed by atoms with Crippen molar-refractivity contribution in [2.45, 2.75) is 30.7 Å². The number of hydrogen-bond donors (Lipinski definition) is 2. The summed E-state index contributed by atoms with van der Waals surface area (Å²) in [5, 5.41) is 11.9. The number of carboxylic acids is 1. The number of hydrogen-bond acceptors (Lipinski definition) is 3. The van der Waals surface area contributed by atoms with E-state index in [9.17, 15) is 14.7 Å². The third-order valence-corrected chi connectivity index (χ3v) is 4.37. The van der Waals surface area contributed by atoms with Crippen molar-refractivity contribution >= 4 is 23.6 Å². The Balaban J connectivity index is 2.05. The van der Waals surface area contributed by atoms with Gasteiger partial charge in [-0.15, -0.1) is 0 Å². The molecule has 0 spiro atoms. The Morgan fingerprint density at radius 2 is 2.00 bits per heavy atom. The minimum atomic E-state index is -0.962. The second kappa shape index (κ2) is 6.31. The number of benzene rings is 1. The zero-order valence-electron chi connectivity index (χ0n) is 11.5. The van der Waals surface area contributed by atoms with E-state index in [0.29, 0.717) is 6.42 Å². The first kappa shape index (κ1) is 14.9. The molecule has 0 aromatic heterocycles. The van der Waals surface area contributed by atoms with E-state index in [4.69, 9.17) is 0 Å². The van der Waals surface area contributed by atoms with Crippen LogP contribution in [0.25, 0.3) is 0 Å². The Labute approximate surface area is 123 Å². The molecule has 1 saturated carbocycles. The summed E-state index contributed by atoms with van der Waals surface area (Å²) in [6.45, 7) is 0. The maximum Gasteiger partial charge on any atom is 0.326 e. The van der Waals surface area contributed by atoms with E-state index in [-0.39, 0.29) is 5.91 Å². The molecule has 20 heavy (non-hydrogen) atoms. The van der Waals surface area contributed by atoms with Gasteiger partial charge < -0.3 is 10.4 Å². The van der Waals surface area contributed by atoms with Crippen LogP contribution < -0.4 is 5.32 Å². The number of aliphatic carboxylic acids is 1. The smallest absolute Gasteiger partial charge is 0.326 e. The van der Waals surface area contributed by atoms with Crippen LogP contribution in [0.4, 0.5) is 0 Å². The number of thioether (sulfide) groups is 1. The highest BCUT2D eigenvalue weighted by atomic mass is 32.2. The van der Waals surface area contributed by atoms with Crippen LogP contribution in [-0.2, 0) is 15.0 Å². The van der Waals surface area contributed by atoms with Crippen molar-refractivity contribution < 1.29 is 14.7 Å². The molecule has 2 rings (SSSR count). The average molecular weight is 293 g/mol. The standard InChI is InChI=1S/C15H19NO3S/c1-20-10-7-12(13(17)18)16-14(19)15(8-9-15)11-5-3-2-4-6-11/h2-6,12H,7-10H2,1H3,(H,16,19)(H,17,18). The van der Waals surface area contributed by atoms with Crippen molar-refractivity contribution in [1.29, 1.82) is 0 Å². The molecule has 1 aliphatic rings. The molecule has 1 atom stereocenters. The lowest BCUT2D eigenvalue weighted by Crippen LogP contribution is -2.45. The van der Waals surface area contributed by atoms with E-state index in [2.05, 4.69) is 5.32 Å². The highest BCUT2D eigenvalue weighted by Crippen LogP contribution is 2.48. The summed E-state index contributed by atoms with van der Waals surface area (Å²) in [6.07, 6.45) is 3.95.